The molecule has 0 saturated carbocycles. The molecule has 0 saturated heterocycles. The molecule has 33 heavy (non-hydrogen) atoms. The van der Waals surface area contributed by atoms with Crippen molar-refractivity contribution in [1.29, 1.82) is 0 Å². The lowest BCUT2D eigenvalue weighted by atomic mass is 10.0. The van der Waals surface area contributed by atoms with E-state index < -0.39 is 29.4 Å². The van der Waals surface area contributed by atoms with Gasteiger partial charge in [-0.05, 0) is 31.0 Å². The summed E-state index contributed by atoms with van der Waals surface area (Å²) in [6, 6.07) is 13.8. The van der Waals surface area contributed by atoms with Crippen LogP contribution in [0.2, 0.25) is 5.02 Å². The number of rotatable bonds is 7. The van der Waals surface area contributed by atoms with Crippen molar-refractivity contribution < 1.29 is 19.8 Å². The van der Waals surface area contributed by atoms with Crippen molar-refractivity contribution in [3.8, 4) is 5.75 Å². The van der Waals surface area contributed by atoms with E-state index in [4.69, 9.17) is 11.6 Å². The van der Waals surface area contributed by atoms with E-state index >= 15 is 0 Å². The molecule has 0 spiro atoms. The average molecular weight is 470 g/mol. The number of nitrogens with one attached hydrogen (secondary N) is 2. The molecule has 0 unspecified atom stereocenters. The summed E-state index contributed by atoms with van der Waals surface area (Å²) in [6.07, 6.45) is -0.354. The number of urea groups is 1. The molecule has 0 aliphatic carbocycles. The zero-order valence-corrected chi connectivity index (χ0v) is 18.9. The predicted octanol–water partition coefficient (Wildman–Crippen LogP) is 4.21. The second kappa shape index (κ2) is 10.2. The Kier molecular flexibility index (Phi) is 7.40. The Morgan fingerprint density at radius 3 is 2.39 bits per heavy atom. The van der Waals surface area contributed by atoms with Crippen molar-refractivity contribution in [2.24, 2.45) is 0 Å². The molecule has 1 atom stereocenters. The molecule has 3 rings (SSSR count). The Morgan fingerprint density at radius 1 is 1.09 bits per heavy atom. The highest BCUT2D eigenvalue weighted by molar-refractivity contribution is 6.31. The van der Waals surface area contributed by atoms with E-state index in [9.17, 15) is 24.6 Å². The Morgan fingerprint density at radius 2 is 1.76 bits per heavy atom. The molecular weight excluding hydrogens is 446 g/mol. The van der Waals surface area contributed by atoms with Gasteiger partial charge in [-0.2, -0.15) is 0 Å². The Labute approximate surface area is 195 Å². The average Bonchev–Trinajstić information content (AvgIpc) is 2.75. The molecule has 2 amide bonds. The fraction of sp³-hybridized carbons (Fsp3) is 0.208. The summed E-state index contributed by atoms with van der Waals surface area (Å²) in [5.74, 6) is -1.49. The first-order valence-electron chi connectivity index (χ1n) is 10.2. The number of aromatic hydroxyl groups is 1. The van der Waals surface area contributed by atoms with E-state index in [1.54, 1.807) is 43.3 Å². The molecule has 0 radical (unpaired) electrons. The van der Waals surface area contributed by atoms with E-state index in [2.05, 4.69) is 10.6 Å². The first-order valence-corrected chi connectivity index (χ1v) is 10.6. The Balaban J connectivity index is 1.86. The van der Waals surface area contributed by atoms with Crippen LogP contribution in [0.4, 0.5) is 10.5 Å². The number of halogens is 1. The molecule has 2 aromatic carbocycles. The summed E-state index contributed by atoms with van der Waals surface area (Å²) >= 11 is 6.21. The van der Waals surface area contributed by atoms with Gasteiger partial charge in [0.25, 0.3) is 5.56 Å². The SMILES string of the molecule is Cc1ccc([C@H](CC(=O)O)NC(=O)Nc2c(O)cc(C)n(Cc3ccccc3Cl)c2=O)cc1. The molecule has 8 nitrogen and oxygen atoms in total. The summed E-state index contributed by atoms with van der Waals surface area (Å²) in [6.45, 7) is 3.69. The molecule has 4 N–H and O–H groups in total. The second-order valence-electron chi connectivity index (χ2n) is 7.69. The van der Waals surface area contributed by atoms with Gasteiger partial charge in [-0.3, -0.25) is 9.59 Å². The van der Waals surface area contributed by atoms with Gasteiger partial charge in [0, 0.05) is 16.8 Å². The van der Waals surface area contributed by atoms with Crippen LogP contribution in [0, 0.1) is 13.8 Å². The van der Waals surface area contributed by atoms with Gasteiger partial charge >= 0.3 is 12.0 Å². The number of carbonyl (C=O) groups is 2. The van der Waals surface area contributed by atoms with E-state index in [-0.39, 0.29) is 18.7 Å². The maximum atomic E-state index is 13.1. The summed E-state index contributed by atoms with van der Waals surface area (Å²) in [5.41, 5.74) is 1.83. The van der Waals surface area contributed by atoms with Crippen LogP contribution in [0.1, 0.15) is 34.8 Å². The maximum absolute atomic E-state index is 13.1. The van der Waals surface area contributed by atoms with Gasteiger partial charge < -0.3 is 25.4 Å². The van der Waals surface area contributed by atoms with Crippen molar-refractivity contribution >= 4 is 29.3 Å². The van der Waals surface area contributed by atoms with Gasteiger partial charge in [0.1, 0.15) is 5.75 Å². The van der Waals surface area contributed by atoms with Gasteiger partial charge in [-0.25, -0.2) is 4.79 Å². The molecular formula is C24H24ClN3O5. The second-order valence-corrected chi connectivity index (χ2v) is 8.10. The number of carboxylic acids is 1. The van der Waals surface area contributed by atoms with Crippen LogP contribution in [0.5, 0.6) is 5.75 Å². The summed E-state index contributed by atoms with van der Waals surface area (Å²) in [7, 11) is 0. The van der Waals surface area contributed by atoms with Crippen LogP contribution in [0.3, 0.4) is 0 Å². The number of hydrogen-bond acceptors (Lipinski definition) is 4. The fourth-order valence-corrected chi connectivity index (χ4v) is 3.59. The maximum Gasteiger partial charge on any atom is 0.319 e. The first kappa shape index (κ1) is 23.9. The zero-order chi connectivity index (χ0) is 24.1. The third kappa shape index (κ3) is 5.93. The lowest BCUT2D eigenvalue weighted by Gasteiger charge is -2.19. The first-order chi connectivity index (χ1) is 15.7. The van der Waals surface area contributed by atoms with Crippen LogP contribution in [-0.4, -0.2) is 26.8 Å². The van der Waals surface area contributed by atoms with Crippen molar-refractivity contribution in [2.75, 3.05) is 5.32 Å². The van der Waals surface area contributed by atoms with Crippen molar-refractivity contribution in [1.82, 2.24) is 9.88 Å². The molecule has 0 aliphatic rings. The highest BCUT2D eigenvalue weighted by Crippen LogP contribution is 2.23. The Bertz CT molecular complexity index is 1240. The fourth-order valence-electron chi connectivity index (χ4n) is 3.40. The molecule has 1 heterocycles. The number of pyridine rings is 1. The molecule has 0 aliphatic heterocycles. The van der Waals surface area contributed by atoms with Crippen molar-refractivity contribution in [3.63, 3.8) is 0 Å². The van der Waals surface area contributed by atoms with Gasteiger partial charge in [-0.1, -0.05) is 59.6 Å². The zero-order valence-electron chi connectivity index (χ0n) is 18.1. The smallest absolute Gasteiger partial charge is 0.319 e. The minimum absolute atomic E-state index is 0.145. The highest BCUT2D eigenvalue weighted by atomic mass is 35.5. The molecule has 9 heteroatoms. The van der Waals surface area contributed by atoms with Gasteiger partial charge in [0.15, 0.2) is 5.69 Å². The van der Waals surface area contributed by atoms with Crippen LogP contribution in [0.25, 0.3) is 0 Å². The van der Waals surface area contributed by atoms with Crippen LogP contribution in [-0.2, 0) is 11.3 Å². The number of carbonyl (C=O) groups excluding carboxylic acids is 1. The van der Waals surface area contributed by atoms with Gasteiger partial charge in [-0.15, -0.1) is 0 Å². The number of nitrogens with zero attached hydrogens (tertiary/aromatic N) is 1. The normalized spacial score (nSPS) is 11.6. The number of carboxylic acid groups (broad SMARTS) is 1. The number of aryl methyl sites for hydroxylation is 2. The summed E-state index contributed by atoms with van der Waals surface area (Å²) in [5, 5.41) is 25.0. The number of anilines is 1. The van der Waals surface area contributed by atoms with E-state index in [1.165, 1.54) is 10.6 Å². The lowest BCUT2D eigenvalue weighted by Crippen LogP contribution is -2.36. The predicted molar refractivity (Wildman–Crippen MR) is 126 cm³/mol. The van der Waals surface area contributed by atoms with Gasteiger partial charge in [0.05, 0.1) is 19.0 Å². The third-order valence-electron chi connectivity index (χ3n) is 5.18. The third-order valence-corrected chi connectivity index (χ3v) is 5.54. The van der Waals surface area contributed by atoms with Gasteiger partial charge in [0.2, 0.25) is 0 Å². The molecule has 172 valence electrons. The topological polar surface area (TPSA) is 121 Å². The monoisotopic (exact) mass is 469 g/mol. The van der Waals surface area contributed by atoms with Crippen LogP contribution >= 0.6 is 11.6 Å². The number of aliphatic carboxylic acids is 1. The van der Waals surface area contributed by atoms with E-state index in [0.29, 0.717) is 21.8 Å². The van der Waals surface area contributed by atoms with Crippen molar-refractivity contribution in [3.05, 3.63) is 92.4 Å². The largest absolute Gasteiger partial charge is 0.505 e. The summed E-state index contributed by atoms with van der Waals surface area (Å²) in [4.78, 5) is 37.0. The van der Waals surface area contributed by atoms with Crippen molar-refractivity contribution in [2.45, 2.75) is 32.9 Å². The molecule has 0 bridgehead atoms. The quantitative estimate of drug-likeness (QED) is 0.413. The van der Waals surface area contributed by atoms with Crippen LogP contribution < -0.4 is 16.2 Å². The number of benzene rings is 2. The highest BCUT2D eigenvalue weighted by Gasteiger charge is 2.21. The molecule has 3 aromatic rings. The van der Waals surface area contributed by atoms with E-state index in [0.717, 1.165) is 5.56 Å². The number of hydrogen-bond donors (Lipinski definition) is 4. The standard InChI is InChI=1S/C24H24ClN3O5/c1-14-7-9-16(10-8-14)19(12-21(30)31)26-24(33)27-22-20(29)11-15(2)28(23(22)32)13-17-5-3-4-6-18(17)25/h3-11,19,29H,12-13H2,1-2H3,(H,30,31)(H2,26,27,33)/t19-/m0/s1. The van der Waals surface area contributed by atoms with E-state index in [1.807, 2.05) is 19.1 Å². The summed E-state index contributed by atoms with van der Waals surface area (Å²) < 4.78 is 1.38. The molecule has 1 aromatic heterocycles. The molecule has 0 fully saturated rings. The van der Waals surface area contributed by atoms with Crippen LogP contribution in [0.15, 0.2) is 59.4 Å². The minimum atomic E-state index is -1.10. The Hall–Kier alpha value is -3.78. The lowest BCUT2D eigenvalue weighted by molar-refractivity contribution is -0.137. The number of amides is 2. The minimum Gasteiger partial charge on any atom is -0.505 e. The number of aromatic nitrogens is 1.